The Morgan fingerprint density at radius 2 is 1.87 bits per heavy atom. The highest BCUT2D eigenvalue weighted by atomic mass is 32.1. The van der Waals surface area contributed by atoms with Crippen molar-refractivity contribution in [2.45, 2.75) is 20.5 Å². The van der Waals surface area contributed by atoms with E-state index >= 15 is 0 Å². The summed E-state index contributed by atoms with van der Waals surface area (Å²) >= 11 is 1.59. The maximum Gasteiger partial charge on any atom is 0.307 e. The summed E-state index contributed by atoms with van der Waals surface area (Å²) < 4.78 is 11.7. The number of anilines is 1. The summed E-state index contributed by atoms with van der Waals surface area (Å²) in [7, 11) is 0. The van der Waals surface area contributed by atoms with Gasteiger partial charge in [0, 0.05) is 42.7 Å². The molecule has 2 saturated heterocycles. The molecule has 8 nitrogen and oxygen atoms in total. The van der Waals surface area contributed by atoms with Gasteiger partial charge in [0.2, 0.25) is 0 Å². The predicted octanol–water partition coefficient (Wildman–Crippen LogP) is 4.25. The fraction of sp³-hybridized carbons (Fsp3) is 0.414. The SMILES string of the molecule is Cc1ccc(OCc2ccc(C(=O)N3CCOCC3)cc2C)c(-c2csc(N3C[C@@H]4C(C(=O)O)[C@@H]4C3)n2)c1. The first-order chi connectivity index (χ1) is 18.4. The number of carbonyl (C=O) groups is 2. The minimum absolute atomic E-state index is 0.0396. The second-order valence-electron chi connectivity index (χ2n) is 10.4. The zero-order chi connectivity index (χ0) is 26.4. The summed E-state index contributed by atoms with van der Waals surface area (Å²) in [6, 6.07) is 11.9. The van der Waals surface area contributed by atoms with Gasteiger partial charge in [-0.15, -0.1) is 11.3 Å². The minimum Gasteiger partial charge on any atom is -0.488 e. The molecule has 1 N–H and O–H groups in total. The van der Waals surface area contributed by atoms with Crippen LogP contribution >= 0.6 is 11.3 Å². The van der Waals surface area contributed by atoms with Crippen LogP contribution in [0.4, 0.5) is 5.13 Å². The summed E-state index contributed by atoms with van der Waals surface area (Å²) in [5.74, 6) is 0.438. The topological polar surface area (TPSA) is 92.2 Å². The number of benzene rings is 2. The third-order valence-electron chi connectivity index (χ3n) is 7.92. The molecule has 38 heavy (non-hydrogen) atoms. The van der Waals surface area contributed by atoms with Crippen molar-refractivity contribution >= 4 is 28.3 Å². The van der Waals surface area contributed by atoms with Crippen molar-refractivity contribution in [1.29, 1.82) is 0 Å². The monoisotopic (exact) mass is 533 g/mol. The van der Waals surface area contributed by atoms with Crippen LogP contribution < -0.4 is 9.64 Å². The first-order valence-corrected chi connectivity index (χ1v) is 13.9. The number of aryl methyl sites for hydroxylation is 2. The third kappa shape index (κ3) is 4.76. The van der Waals surface area contributed by atoms with Crippen LogP contribution in [0.1, 0.15) is 27.0 Å². The third-order valence-corrected chi connectivity index (χ3v) is 8.83. The number of amides is 1. The predicted molar refractivity (Wildman–Crippen MR) is 145 cm³/mol. The van der Waals surface area contributed by atoms with Crippen LogP contribution in [0.5, 0.6) is 5.75 Å². The fourth-order valence-corrected chi connectivity index (χ4v) is 6.49. The molecule has 1 saturated carbocycles. The lowest BCUT2D eigenvalue weighted by Gasteiger charge is -2.27. The Bertz CT molecular complexity index is 1370. The van der Waals surface area contributed by atoms with E-state index in [2.05, 4.69) is 17.9 Å². The molecule has 3 aromatic rings. The van der Waals surface area contributed by atoms with E-state index in [0.29, 0.717) is 38.5 Å². The van der Waals surface area contributed by atoms with Crippen molar-refractivity contribution in [2.24, 2.45) is 17.8 Å². The van der Waals surface area contributed by atoms with Gasteiger partial charge >= 0.3 is 5.97 Å². The van der Waals surface area contributed by atoms with Crippen LogP contribution in [0.2, 0.25) is 0 Å². The van der Waals surface area contributed by atoms with Gasteiger partial charge in [0.25, 0.3) is 5.91 Å². The second-order valence-corrected chi connectivity index (χ2v) is 11.3. The number of hydrogen-bond acceptors (Lipinski definition) is 7. The second kappa shape index (κ2) is 10.0. The molecule has 1 aliphatic carbocycles. The molecule has 198 valence electrons. The summed E-state index contributed by atoms with van der Waals surface area (Å²) in [4.78, 5) is 33.1. The van der Waals surface area contributed by atoms with E-state index in [9.17, 15) is 14.7 Å². The first kappa shape index (κ1) is 24.9. The van der Waals surface area contributed by atoms with Crippen LogP contribution in [-0.4, -0.2) is 66.3 Å². The Morgan fingerprint density at radius 1 is 1.11 bits per heavy atom. The maximum absolute atomic E-state index is 12.8. The van der Waals surface area contributed by atoms with Gasteiger partial charge in [-0.3, -0.25) is 9.59 Å². The molecule has 1 unspecified atom stereocenters. The molecule has 3 atom stereocenters. The molecule has 9 heteroatoms. The number of ether oxygens (including phenoxy) is 2. The molecule has 2 aliphatic heterocycles. The van der Waals surface area contributed by atoms with E-state index in [1.807, 2.05) is 47.5 Å². The molecule has 2 aromatic carbocycles. The average molecular weight is 534 g/mol. The number of carbonyl (C=O) groups excluding carboxylic acids is 1. The molecule has 1 amide bonds. The number of fused-ring (bicyclic) bond motifs is 1. The summed E-state index contributed by atoms with van der Waals surface area (Å²) in [5, 5.41) is 12.3. The van der Waals surface area contributed by atoms with Crippen LogP contribution in [0.15, 0.2) is 41.8 Å². The van der Waals surface area contributed by atoms with E-state index < -0.39 is 5.97 Å². The van der Waals surface area contributed by atoms with Crippen LogP contribution in [0.25, 0.3) is 11.3 Å². The Morgan fingerprint density at radius 3 is 2.58 bits per heavy atom. The lowest BCUT2D eigenvalue weighted by molar-refractivity contribution is -0.139. The van der Waals surface area contributed by atoms with Gasteiger partial charge in [0.05, 0.1) is 24.8 Å². The zero-order valence-electron chi connectivity index (χ0n) is 21.6. The van der Waals surface area contributed by atoms with Gasteiger partial charge in [-0.05, 0) is 61.1 Å². The number of aliphatic carboxylic acids is 1. The molecule has 1 aromatic heterocycles. The number of morpholine rings is 1. The summed E-state index contributed by atoms with van der Waals surface area (Å²) in [6.45, 7) is 8.38. The lowest BCUT2D eigenvalue weighted by Crippen LogP contribution is -2.40. The van der Waals surface area contributed by atoms with Crippen LogP contribution in [0.3, 0.4) is 0 Å². The molecule has 0 bridgehead atoms. The standard InChI is InChI=1S/C29H31N3O5S/c1-17-3-6-25(37-15-20-5-4-19(12-18(20)2)27(33)31-7-9-36-10-8-31)21(11-17)24-16-38-29(30-24)32-13-22-23(14-32)26(22)28(34)35/h3-6,11-12,16,22-23,26H,7-10,13-15H2,1-2H3,(H,34,35)/t22-,23+,26?. The van der Waals surface area contributed by atoms with Gasteiger partial charge in [-0.25, -0.2) is 4.98 Å². The number of carboxylic acid groups (broad SMARTS) is 1. The number of aromatic nitrogens is 1. The number of piperidine rings is 1. The molecule has 3 aliphatic rings. The van der Waals surface area contributed by atoms with Crippen molar-refractivity contribution < 1.29 is 24.2 Å². The molecular weight excluding hydrogens is 502 g/mol. The highest BCUT2D eigenvalue weighted by Gasteiger charge is 2.60. The Kier molecular flexibility index (Phi) is 6.57. The van der Waals surface area contributed by atoms with Crippen LogP contribution in [0, 0.1) is 31.6 Å². The quantitative estimate of drug-likeness (QED) is 0.486. The molecular formula is C29H31N3O5S. The van der Waals surface area contributed by atoms with E-state index in [1.54, 1.807) is 11.3 Å². The van der Waals surface area contributed by atoms with Gasteiger partial charge in [-0.1, -0.05) is 17.7 Å². The van der Waals surface area contributed by atoms with Crippen molar-refractivity contribution in [2.75, 3.05) is 44.3 Å². The summed E-state index contributed by atoms with van der Waals surface area (Å²) in [6.07, 6.45) is 0. The number of thiazole rings is 1. The largest absolute Gasteiger partial charge is 0.488 e. The average Bonchev–Trinajstić information content (AvgIpc) is 3.23. The smallest absolute Gasteiger partial charge is 0.307 e. The molecule has 6 rings (SSSR count). The van der Waals surface area contributed by atoms with Gasteiger partial charge < -0.3 is 24.4 Å². The van der Waals surface area contributed by atoms with E-state index in [1.165, 1.54) is 0 Å². The Labute approximate surface area is 225 Å². The number of nitrogens with zero attached hydrogens (tertiary/aromatic N) is 3. The van der Waals surface area contributed by atoms with Gasteiger partial charge in [-0.2, -0.15) is 0 Å². The molecule has 0 spiro atoms. The Hall–Kier alpha value is -3.43. The maximum atomic E-state index is 12.8. The Balaban J connectivity index is 1.15. The highest BCUT2D eigenvalue weighted by molar-refractivity contribution is 7.14. The van der Waals surface area contributed by atoms with Gasteiger partial charge in [0.1, 0.15) is 12.4 Å². The van der Waals surface area contributed by atoms with E-state index in [4.69, 9.17) is 14.5 Å². The van der Waals surface area contributed by atoms with Crippen molar-refractivity contribution in [3.63, 3.8) is 0 Å². The molecule has 0 radical (unpaired) electrons. The van der Waals surface area contributed by atoms with Crippen molar-refractivity contribution in [3.8, 4) is 17.0 Å². The normalized spacial score (nSPS) is 22.3. The van der Waals surface area contributed by atoms with Crippen LogP contribution in [-0.2, 0) is 16.1 Å². The zero-order valence-corrected chi connectivity index (χ0v) is 22.4. The number of carboxylic acids is 1. The number of hydrogen-bond donors (Lipinski definition) is 1. The minimum atomic E-state index is -0.672. The fourth-order valence-electron chi connectivity index (χ4n) is 5.65. The van der Waals surface area contributed by atoms with E-state index in [0.717, 1.165) is 51.9 Å². The van der Waals surface area contributed by atoms with Gasteiger partial charge in [0.15, 0.2) is 5.13 Å². The van der Waals surface area contributed by atoms with Crippen molar-refractivity contribution in [1.82, 2.24) is 9.88 Å². The van der Waals surface area contributed by atoms with Crippen molar-refractivity contribution in [3.05, 3.63) is 64.0 Å². The number of rotatable bonds is 7. The summed E-state index contributed by atoms with van der Waals surface area (Å²) in [5.41, 5.74) is 5.66. The highest BCUT2D eigenvalue weighted by Crippen LogP contribution is 2.53. The van der Waals surface area contributed by atoms with E-state index in [-0.39, 0.29) is 23.7 Å². The molecule has 3 fully saturated rings. The first-order valence-electron chi connectivity index (χ1n) is 13.0. The lowest BCUT2D eigenvalue weighted by atomic mass is 10.0. The molecule has 3 heterocycles.